The number of H-pyrrole nitrogens is 1. The van der Waals surface area contributed by atoms with E-state index in [-0.39, 0.29) is 22.6 Å². The lowest BCUT2D eigenvalue weighted by Gasteiger charge is -2.23. The summed E-state index contributed by atoms with van der Waals surface area (Å²) in [6.07, 6.45) is -2.66. The van der Waals surface area contributed by atoms with Crippen LogP contribution in [-0.4, -0.2) is 59.3 Å². The van der Waals surface area contributed by atoms with Crippen LogP contribution in [0.5, 0.6) is 0 Å². The first kappa shape index (κ1) is 22.4. The Morgan fingerprint density at radius 2 is 1.88 bits per heavy atom. The normalized spacial score (nSPS) is 26.7. The number of aryl methyl sites for hydroxylation is 1. The summed E-state index contributed by atoms with van der Waals surface area (Å²) >= 11 is 5.99. The Bertz CT molecular complexity index is 1310. The highest BCUT2D eigenvalue weighted by molar-refractivity contribution is 7.86. The number of nitrogens with zero attached hydrogens (tertiary/aromatic N) is 3. The molecule has 0 spiro atoms. The fourth-order valence-electron chi connectivity index (χ4n) is 4.08. The number of rotatable bonds is 5. The predicted molar refractivity (Wildman–Crippen MR) is 117 cm³/mol. The summed E-state index contributed by atoms with van der Waals surface area (Å²) in [5, 5.41) is 7.06. The van der Waals surface area contributed by atoms with Crippen LogP contribution in [0, 0.1) is 6.92 Å². The molecular formula is C20H22ClN5O6S. The summed E-state index contributed by atoms with van der Waals surface area (Å²) in [6, 6.07) is 6.39. The first-order valence-electron chi connectivity index (χ1n) is 10.2. The van der Waals surface area contributed by atoms with Crippen LogP contribution in [0.15, 0.2) is 29.2 Å². The molecule has 0 amide bonds. The summed E-state index contributed by atoms with van der Waals surface area (Å²) in [6.45, 7) is 5.13. The topological polar surface area (TPSA) is 152 Å². The number of nitrogens with one attached hydrogen (secondary N) is 1. The number of fused-ring (bicyclic) bond motifs is 2. The van der Waals surface area contributed by atoms with Crippen molar-refractivity contribution in [3.63, 3.8) is 0 Å². The molecule has 3 N–H and O–H groups in total. The standard InChI is InChI=1S/C20H22ClN5O6S/c1-9-4-6-10(7-5-9)33(27,28)29-8-11-15-17(32-20(2,3)31-15)16(30-11)13-12-14(26-25-13)18(22)24-19(21)23-12/h4-7,11,15-17H,8H2,1-3H3,(H,25,26)(H2,22,23,24)/t11-,15-,16+,17-/m1/s1. The zero-order chi connectivity index (χ0) is 23.5. The van der Waals surface area contributed by atoms with Gasteiger partial charge in [-0.3, -0.25) is 9.28 Å². The van der Waals surface area contributed by atoms with Crippen molar-refractivity contribution in [2.24, 2.45) is 0 Å². The summed E-state index contributed by atoms with van der Waals surface area (Å²) in [5.74, 6) is -0.769. The molecule has 2 aliphatic rings. The maximum absolute atomic E-state index is 12.7. The molecule has 2 fully saturated rings. The van der Waals surface area contributed by atoms with Crippen LogP contribution < -0.4 is 5.73 Å². The molecule has 4 atom stereocenters. The van der Waals surface area contributed by atoms with Crippen LogP contribution in [0.3, 0.4) is 0 Å². The lowest BCUT2D eigenvalue weighted by Crippen LogP contribution is -2.33. The van der Waals surface area contributed by atoms with E-state index in [0.717, 1.165) is 5.56 Å². The van der Waals surface area contributed by atoms with E-state index in [0.29, 0.717) is 16.7 Å². The third-order valence-electron chi connectivity index (χ3n) is 5.56. The highest BCUT2D eigenvalue weighted by Crippen LogP contribution is 2.46. The number of hydrogen-bond donors (Lipinski definition) is 2. The summed E-state index contributed by atoms with van der Waals surface area (Å²) < 4.78 is 48.9. The molecule has 11 nitrogen and oxygen atoms in total. The summed E-state index contributed by atoms with van der Waals surface area (Å²) in [5.41, 5.74) is 8.06. The van der Waals surface area contributed by atoms with Crippen molar-refractivity contribution < 1.29 is 26.8 Å². The molecule has 4 heterocycles. The van der Waals surface area contributed by atoms with Crippen LogP contribution >= 0.6 is 11.6 Å². The zero-order valence-corrected chi connectivity index (χ0v) is 19.6. The highest BCUT2D eigenvalue weighted by Gasteiger charge is 2.57. The SMILES string of the molecule is Cc1ccc(S(=O)(=O)OC[C@H]2O[C@@H](c3n[nH]c4c(N)nc(Cl)nc34)[C@@H]3OC(C)(C)O[C@@H]32)cc1. The van der Waals surface area contributed by atoms with Gasteiger partial charge in [-0.25, -0.2) is 4.98 Å². The average molecular weight is 496 g/mol. The van der Waals surface area contributed by atoms with Crippen molar-refractivity contribution in [2.75, 3.05) is 12.3 Å². The smallest absolute Gasteiger partial charge is 0.297 e. The minimum absolute atomic E-state index is 0.0369. The average Bonchev–Trinajstić information content (AvgIpc) is 3.37. The lowest BCUT2D eigenvalue weighted by atomic mass is 10.1. The Labute approximate surface area is 194 Å². The van der Waals surface area contributed by atoms with E-state index in [1.165, 1.54) is 12.1 Å². The largest absolute Gasteiger partial charge is 0.382 e. The van der Waals surface area contributed by atoms with E-state index in [2.05, 4.69) is 20.2 Å². The highest BCUT2D eigenvalue weighted by atomic mass is 35.5. The monoisotopic (exact) mass is 495 g/mol. The third kappa shape index (κ3) is 4.07. The van der Waals surface area contributed by atoms with E-state index in [1.54, 1.807) is 26.0 Å². The quantitative estimate of drug-likeness (QED) is 0.398. The Morgan fingerprint density at radius 3 is 2.61 bits per heavy atom. The fraction of sp³-hybridized carbons (Fsp3) is 0.450. The molecule has 5 rings (SSSR count). The van der Waals surface area contributed by atoms with Gasteiger partial charge in [0.25, 0.3) is 10.1 Å². The van der Waals surface area contributed by atoms with E-state index in [1.807, 2.05) is 6.92 Å². The van der Waals surface area contributed by atoms with Gasteiger partial charge in [0.1, 0.15) is 41.1 Å². The van der Waals surface area contributed by atoms with Crippen molar-refractivity contribution in [2.45, 2.75) is 55.9 Å². The van der Waals surface area contributed by atoms with Crippen LogP contribution in [0.25, 0.3) is 11.0 Å². The van der Waals surface area contributed by atoms with Crippen LogP contribution in [0.1, 0.15) is 31.2 Å². The molecule has 0 bridgehead atoms. The number of anilines is 1. The van der Waals surface area contributed by atoms with E-state index < -0.39 is 40.3 Å². The number of ether oxygens (including phenoxy) is 3. The molecule has 13 heteroatoms. The second-order valence-corrected chi connectivity index (χ2v) is 10.4. The van der Waals surface area contributed by atoms with Gasteiger partial charge in [0.15, 0.2) is 11.6 Å². The fourth-order valence-corrected chi connectivity index (χ4v) is 5.17. The van der Waals surface area contributed by atoms with Crippen molar-refractivity contribution >= 4 is 38.6 Å². The molecule has 0 aliphatic carbocycles. The number of nitrogen functional groups attached to an aromatic ring is 1. The Kier molecular flexibility index (Phi) is 5.34. The molecule has 0 saturated carbocycles. The van der Waals surface area contributed by atoms with Gasteiger partial charge in [-0.2, -0.15) is 18.5 Å². The molecule has 176 valence electrons. The second-order valence-electron chi connectivity index (χ2n) is 8.42. The van der Waals surface area contributed by atoms with Crippen LogP contribution in [0.4, 0.5) is 5.82 Å². The third-order valence-corrected chi connectivity index (χ3v) is 7.02. The van der Waals surface area contributed by atoms with Crippen molar-refractivity contribution in [1.82, 2.24) is 20.2 Å². The first-order valence-corrected chi connectivity index (χ1v) is 12.0. The van der Waals surface area contributed by atoms with E-state index in [9.17, 15) is 8.42 Å². The first-order chi connectivity index (χ1) is 15.5. The second kappa shape index (κ2) is 7.86. The van der Waals surface area contributed by atoms with Gasteiger partial charge < -0.3 is 19.9 Å². The van der Waals surface area contributed by atoms with Gasteiger partial charge in [0.05, 0.1) is 11.5 Å². The molecule has 2 saturated heterocycles. The van der Waals surface area contributed by atoms with Gasteiger partial charge in [-0.1, -0.05) is 17.7 Å². The number of aromatic nitrogens is 4. The Hall–Kier alpha value is -2.35. The number of halogens is 1. The minimum Gasteiger partial charge on any atom is -0.382 e. The molecular weight excluding hydrogens is 474 g/mol. The van der Waals surface area contributed by atoms with E-state index in [4.69, 9.17) is 35.7 Å². The number of aromatic amines is 1. The Morgan fingerprint density at radius 1 is 1.18 bits per heavy atom. The summed E-state index contributed by atoms with van der Waals surface area (Å²) in [4.78, 5) is 8.20. The number of hydrogen-bond acceptors (Lipinski definition) is 10. The van der Waals surface area contributed by atoms with Gasteiger partial charge in [0, 0.05) is 0 Å². The number of nitrogens with two attached hydrogens (primary N) is 1. The van der Waals surface area contributed by atoms with Crippen molar-refractivity contribution in [3.05, 3.63) is 40.8 Å². The summed E-state index contributed by atoms with van der Waals surface area (Å²) in [7, 11) is -3.99. The lowest BCUT2D eigenvalue weighted by molar-refractivity contribution is -0.190. The molecule has 1 aromatic carbocycles. The molecule has 0 radical (unpaired) electrons. The van der Waals surface area contributed by atoms with Crippen molar-refractivity contribution in [1.29, 1.82) is 0 Å². The van der Waals surface area contributed by atoms with Crippen molar-refractivity contribution in [3.8, 4) is 0 Å². The maximum atomic E-state index is 12.7. The molecule has 0 unspecified atom stereocenters. The molecule has 2 aliphatic heterocycles. The molecule has 3 aromatic rings. The number of benzene rings is 1. The zero-order valence-electron chi connectivity index (χ0n) is 18.0. The van der Waals surface area contributed by atoms with Crippen LogP contribution in [-0.2, 0) is 28.5 Å². The molecule has 33 heavy (non-hydrogen) atoms. The predicted octanol–water partition coefficient (Wildman–Crippen LogP) is 2.26. The van der Waals surface area contributed by atoms with Gasteiger partial charge in [-0.15, -0.1) is 0 Å². The van der Waals surface area contributed by atoms with Crippen LogP contribution in [0.2, 0.25) is 5.28 Å². The van der Waals surface area contributed by atoms with Gasteiger partial charge >= 0.3 is 0 Å². The van der Waals surface area contributed by atoms with Gasteiger partial charge in [-0.05, 0) is 44.5 Å². The Balaban J connectivity index is 1.43. The maximum Gasteiger partial charge on any atom is 0.297 e. The minimum atomic E-state index is -3.99. The molecule has 2 aromatic heterocycles. The van der Waals surface area contributed by atoms with E-state index >= 15 is 0 Å². The van der Waals surface area contributed by atoms with Gasteiger partial charge in [0.2, 0.25) is 5.28 Å².